The Bertz CT molecular complexity index is 1060. The number of furan rings is 1. The van der Waals surface area contributed by atoms with Crippen LogP contribution in [-0.2, 0) is 0 Å². The first-order valence-electron chi connectivity index (χ1n) is 7.74. The van der Waals surface area contributed by atoms with Crippen molar-refractivity contribution in [3.05, 3.63) is 77.5 Å². The fourth-order valence-corrected chi connectivity index (χ4v) is 2.64. The molecule has 6 nitrogen and oxygen atoms in total. The summed E-state index contributed by atoms with van der Waals surface area (Å²) in [5.41, 5.74) is 1.66. The number of carbonyl (C=O) groups is 1. The minimum absolute atomic E-state index is 0.288. The SMILES string of the molecule is O=C(Nc1cccc(-c2nnc(-c3ccco3)o2)c1)c1ccccc1Cl. The van der Waals surface area contributed by atoms with E-state index >= 15 is 0 Å². The van der Waals surface area contributed by atoms with Gasteiger partial charge < -0.3 is 14.2 Å². The molecular formula is C19H12ClN3O3. The van der Waals surface area contributed by atoms with Crippen molar-refractivity contribution in [3.8, 4) is 23.1 Å². The number of nitrogens with zero attached hydrogens (tertiary/aromatic N) is 2. The number of benzene rings is 2. The Morgan fingerprint density at radius 2 is 1.81 bits per heavy atom. The summed E-state index contributed by atoms with van der Waals surface area (Å²) in [6.45, 7) is 0. The van der Waals surface area contributed by atoms with Crippen LogP contribution in [0.1, 0.15) is 10.4 Å². The van der Waals surface area contributed by atoms with Crippen LogP contribution in [0.25, 0.3) is 23.1 Å². The van der Waals surface area contributed by atoms with E-state index in [0.717, 1.165) is 0 Å². The second kappa shape index (κ2) is 6.85. The predicted molar refractivity (Wildman–Crippen MR) is 96.8 cm³/mol. The summed E-state index contributed by atoms with van der Waals surface area (Å²) >= 11 is 6.06. The lowest BCUT2D eigenvalue weighted by atomic mass is 10.1. The van der Waals surface area contributed by atoms with E-state index < -0.39 is 0 Å². The number of aromatic nitrogens is 2. The van der Waals surface area contributed by atoms with Crippen molar-refractivity contribution in [1.29, 1.82) is 0 Å². The van der Waals surface area contributed by atoms with Crippen LogP contribution in [-0.4, -0.2) is 16.1 Å². The fraction of sp³-hybridized carbons (Fsp3) is 0. The quantitative estimate of drug-likeness (QED) is 0.556. The molecule has 2 aromatic carbocycles. The van der Waals surface area contributed by atoms with E-state index in [9.17, 15) is 4.79 Å². The summed E-state index contributed by atoms with van der Waals surface area (Å²) in [5, 5.41) is 11.2. The smallest absolute Gasteiger partial charge is 0.283 e. The Morgan fingerprint density at radius 1 is 0.962 bits per heavy atom. The van der Waals surface area contributed by atoms with Gasteiger partial charge in [0.25, 0.3) is 11.8 Å². The average molecular weight is 366 g/mol. The summed E-state index contributed by atoms with van der Waals surface area (Å²) in [6, 6.07) is 17.4. The van der Waals surface area contributed by atoms with Crippen LogP contribution >= 0.6 is 11.6 Å². The first-order valence-corrected chi connectivity index (χ1v) is 8.12. The van der Waals surface area contributed by atoms with E-state index in [1.165, 1.54) is 6.26 Å². The molecule has 0 atom stereocenters. The number of amides is 1. The van der Waals surface area contributed by atoms with Gasteiger partial charge in [-0.25, -0.2) is 0 Å². The van der Waals surface area contributed by atoms with Crippen LogP contribution in [0.5, 0.6) is 0 Å². The molecule has 0 saturated heterocycles. The summed E-state index contributed by atoms with van der Waals surface area (Å²) < 4.78 is 10.9. The summed E-state index contributed by atoms with van der Waals surface area (Å²) in [4.78, 5) is 12.4. The van der Waals surface area contributed by atoms with Gasteiger partial charge in [0.1, 0.15) is 0 Å². The number of anilines is 1. The van der Waals surface area contributed by atoms with Gasteiger partial charge >= 0.3 is 0 Å². The molecule has 4 rings (SSSR count). The van der Waals surface area contributed by atoms with Crippen molar-refractivity contribution in [1.82, 2.24) is 10.2 Å². The third-order valence-electron chi connectivity index (χ3n) is 3.64. The number of nitrogens with one attached hydrogen (secondary N) is 1. The molecule has 0 fully saturated rings. The van der Waals surface area contributed by atoms with Crippen molar-refractivity contribution in [2.45, 2.75) is 0 Å². The highest BCUT2D eigenvalue weighted by Crippen LogP contribution is 2.26. The molecule has 0 aliphatic rings. The number of hydrogen-bond donors (Lipinski definition) is 1. The molecule has 0 aliphatic heterocycles. The highest BCUT2D eigenvalue weighted by atomic mass is 35.5. The third kappa shape index (κ3) is 3.22. The number of hydrogen-bond acceptors (Lipinski definition) is 5. The summed E-state index contributed by atoms with van der Waals surface area (Å²) in [5.74, 6) is 0.808. The average Bonchev–Trinajstić information content (AvgIpc) is 3.34. The molecule has 1 N–H and O–H groups in total. The topological polar surface area (TPSA) is 81.2 Å². The van der Waals surface area contributed by atoms with Crippen molar-refractivity contribution >= 4 is 23.2 Å². The Hall–Kier alpha value is -3.38. The molecule has 1 amide bonds. The van der Waals surface area contributed by atoms with E-state index in [-0.39, 0.29) is 11.8 Å². The molecular weight excluding hydrogens is 354 g/mol. The maximum Gasteiger partial charge on any atom is 0.283 e. The van der Waals surface area contributed by atoms with Gasteiger partial charge in [0.15, 0.2) is 5.76 Å². The molecule has 128 valence electrons. The molecule has 0 spiro atoms. The van der Waals surface area contributed by atoms with E-state index in [2.05, 4.69) is 15.5 Å². The zero-order valence-electron chi connectivity index (χ0n) is 13.3. The largest absolute Gasteiger partial charge is 0.459 e. The Balaban J connectivity index is 1.57. The van der Waals surface area contributed by atoms with Crippen LogP contribution in [0.3, 0.4) is 0 Å². The maximum absolute atomic E-state index is 12.4. The second-order valence-electron chi connectivity index (χ2n) is 5.40. The molecule has 0 unspecified atom stereocenters. The van der Waals surface area contributed by atoms with E-state index in [1.54, 1.807) is 54.6 Å². The Morgan fingerprint density at radius 3 is 2.62 bits per heavy atom. The second-order valence-corrected chi connectivity index (χ2v) is 5.81. The van der Waals surface area contributed by atoms with Crippen molar-refractivity contribution in [2.24, 2.45) is 0 Å². The van der Waals surface area contributed by atoms with Crippen LogP contribution in [0, 0.1) is 0 Å². The maximum atomic E-state index is 12.4. The first-order chi connectivity index (χ1) is 12.7. The van der Waals surface area contributed by atoms with Crippen LogP contribution in [0.2, 0.25) is 5.02 Å². The van der Waals surface area contributed by atoms with Gasteiger partial charge in [0.2, 0.25) is 5.89 Å². The minimum Gasteiger partial charge on any atom is -0.459 e. The van der Waals surface area contributed by atoms with Crippen molar-refractivity contribution in [2.75, 3.05) is 5.32 Å². The third-order valence-corrected chi connectivity index (χ3v) is 3.97. The molecule has 4 aromatic rings. The monoisotopic (exact) mass is 365 g/mol. The van der Waals surface area contributed by atoms with Gasteiger partial charge in [-0.3, -0.25) is 4.79 Å². The highest BCUT2D eigenvalue weighted by Gasteiger charge is 2.14. The van der Waals surface area contributed by atoms with Crippen LogP contribution < -0.4 is 5.32 Å². The lowest BCUT2D eigenvalue weighted by Gasteiger charge is -2.07. The highest BCUT2D eigenvalue weighted by molar-refractivity contribution is 6.34. The molecule has 2 aromatic heterocycles. The molecule has 0 saturated carbocycles. The normalized spacial score (nSPS) is 10.7. The molecule has 7 heteroatoms. The molecule has 0 radical (unpaired) electrons. The fourth-order valence-electron chi connectivity index (χ4n) is 2.41. The lowest BCUT2D eigenvalue weighted by molar-refractivity contribution is 0.102. The van der Waals surface area contributed by atoms with Crippen molar-refractivity contribution < 1.29 is 13.6 Å². The van der Waals surface area contributed by atoms with Crippen molar-refractivity contribution in [3.63, 3.8) is 0 Å². The first kappa shape index (κ1) is 16.1. The van der Waals surface area contributed by atoms with E-state index in [1.807, 2.05) is 6.07 Å². The van der Waals surface area contributed by atoms with Gasteiger partial charge in [0, 0.05) is 11.3 Å². The molecule has 0 aliphatic carbocycles. The number of halogens is 1. The predicted octanol–water partition coefficient (Wildman–Crippen LogP) is 4.90. The summed E-state index contributed by atoms with van der Waals surface area (Å²) in [6.07, 6.45) is 1.53. The minimum atomic E-state index is -0.297. The van der Waals surface area contributed by atoms with Gasteiger partial charge in [0.05, 0.1) is 16.8 Å². The van der Waals surface area contributed by atoms with Crippen LogP contribution in [0.4, 0.5) is 5.69 Å². The number of carbonyl (C=O) groups excluding carboxylic acids is 1. The van der Waals surface area contributed by atoms with Crippen LogP contribution in [0.15, 0.2) is 75.8 Å². The molecule has 0 bridgehead atoms. The zero-order chi connectivity index (χ0) is 17.9. The van der Waals surface area contributed by atoms with Gasteiger partial charge in [-0.1, -0.05) is 29.8 Å². The lowest BCUT2D eigenvalue weighted by Crippen LogP contribution is -2.12. The van der Waals surface area contributed by atoms with E-state index in [0.29, 0.717) is 33.5 Å². The standard InChI is InChI=1S/C19H12ClN3O3/c20-15-8-2-1-7-14(15)17(24)21-13-6-3-5-12(11-13)18-22-23-19(26-18)16-9-4-10-25-16/h1-11H,(H,21,24). The van der Waals surface area contributed by atoms with E-state index in [4.69, 9.17) is 20.4 Å². The summed E-state index contributed by atoms with van der Waals surface area (Å²) in [7, 11) is 0. The molecule has 26 heavy (non-hydrogen) atoms. The Labute approximate surface area is 153 Å². The number of rotatable bonds is 4. The Kier molecular flexibility index (Phi) is 4.25. The molecule has 2 heterocycles. The van der Waals surface area contributed by atoms with Gasteiger partial charge in [-0.2, -0.15) is 0 Å². The zero-order valence-corrected chi connectivity index (χ0v) is 14.1. The van der Waals surface area contributed by atoms with Gasteiger partial charge in [-0.05, 0) is 42.5 Å². The van der Waals surface area contributed by atoms with Gasteiger partial charge in [-0.15, -0.1) is 10.2 Å².